The second kappa shape index (κ2) is 11.6. The molecule has 0 bridgehead atoms. The Balaban J connectivity index is 1.16. The summed E-state index contributed by atoms with van der Waals surface area (Å²) < 4.78 is 17.2. The van der Waals surface area contributed by atoms with Crippen molar-refractivity contribution in [3.63, 3.8) is 0 Å². The van der Waals surface area contributed by atoms with E-state index in [0.29, 0.717) is 43.4 Å². The van der Waals surface area contributed by atoms with Gasteiger partial charge in [-0.2, -0.15) is 0 Å². The molecule has 1 aromatic heterocycles. The number of ether oxygens (including phenoxy) is 2. The molecule has 1 fully saturated rings. The molecule has 0 unspecified atom stereocenters. The van der Waals surface area contributed by atoms with Gasteiger partial charge < -0.3 is 23.9 Å². The Kier molecular flexibility index (Phi) is 7.68. The third-order valence-corrected chi connectivity index (χ3v) is 6.55. The lowest BCUT2D eigenvalue weighted by molar-refractivity contribution is -0.142. The van der Waals surface area contributed by atoms with Gasteiger partial charge in [-0.3, -0.25) is 4.79 Å². The van der Waals surface area contributed by atoms with E-state index in [1.807, 2.05) is 60.7 Å². The molecule has 194 valence electrons. The molecule has 8 heteroatoms. The summed E-state index contributed by atoms with van der Waals surface area (Å²) in [5.74, 6) is 0.602. The number of benzene rings is 3. The van der Waals surface area contributed by atoms with Crippen molar-refractivity contribution in [1.82, 2.24) is 9.88 Å². The maximum absolute atomic E-state index is 12.6. The molecule has 3 aromatic carbocycles. The number of nitrogens with zero attached hydrogens (tertiary/aromatic N) is 2. The topological polar surface area (TPSA) is 102 Å². The number of amides is 1. The van der Waals surface area contributed by atoms with E-state index < -0.39 is 18.0 Å². The third-order valence-electron chi connectivity index (χ3n) is 6.55. The summed E-state index contributed by atoms with van der Waals surface area (Å²) in [6, 6.07) is 26.1. The van der Waals surface area contributed by atoms with Crippen LogP contribution in [0.1, 0.15) is 11.3 Å². The summed E-state index contributed by atoms with van der Waals surface area (Å²) >= 11 is 0. The SMILES string of the molecule is O=C(O)[C@H]1CN(C(=O)Oc2ccccc2)C[C@H]1Cc1cccc(OCCc2cnc(-c3ccccc3)o2)c1. The molecular weight excluding hydrogens is 484 g/mol. The summed E-state index contributed by atoms with van der Waals surface area (Å²) in [4.78, 5) is 30.4. The highest BCUT2D eigenvalue weighted by atomic mass is 16.6. The van der Waals surface area contributed by atoms with Crippen LogP contribution in [0.25, 0.3) is 11.5 Å². The predicted octanol–water partition coefficient (Wildman–Crippen LogP) is 5.34. The number of rotatable bonds is 9. The highest BCUT2D eigenvalue weighted by Crippen LogP contribution is 2.29. The van der Waals surface area contributed by atoms with E-state index in [0.717, 1.165) is 16.9 Å². The van der Waals surface area contributed by atoms with Crippen molar-refractivity contribution in [2.45, 2.75) is 12.8 Å². The Labute approximate surface area is 220 Å². The number of likely N-dealkylation sites (tertiary alicyclic amines) is 1. The molecule has 1 amide bonds. The molecule has 0 saturated carbocycles. The lowest BCUT2D eigenvalue weighted by Gasteiger charge is -2.16. The number of hydrogen-bond acceptors (Lipinski definition) is 6. The maximum Gasteiger partial charge on any atom is 0.415 e. The minimum atomic E-state index is -0.917. The van der Waals surface area contributed by atoms with Crippen molar-refractivity contribution in [2.24, 2.45) is 11.8 Å². The molecule has 1 N–H and O–H groups in total. The summed E-state index contributed by atoms with van der Waals surface area (Å²) in [7, 11) is 0. The highest BCUT2D eigenvalue weighted by molar-refractivity contribution is 5.75. The number of hydrogen-bond donors (Lipinski definition) is 1. The number of carboxylic acids is 1. The first-order valence-electron chi connectivity index (χ1n) is 12.5. The zero-order chi connectivity index (χ0) is 26.3. The van der Waals surface area contributed by atoms with Crippen LogP contribution in [0.2, 0.25) is 0 Å². The van der Waals surface area contributed by atoms with Crippen LogP contribution in [-0.4, -0.2) is 46.7 Å². The predicted molar refractivity (Wildman–Crippen MR) is 140 cm³/mol. The van der Waals surface area contributed by atoms with Gasteiger partial charge in [0.15, 0.2) is 0 Å². The average molecular weight is 513 g/mol. The number of carbonyl (C=O) groups excluding carboxylic acids is 1. The monoisotopic (exact) mass is 512 g/mol. The van der Waals surface area contributed by atoms with E-state index in [4.69, 9.17) is 13.9 Å². The van der Waals surface area contributed by atoms with Gasteiger partial charge >= 0.3 is 12.1 Å². The molecule has 1 aliphatic rings. The molecule has 0 radical (unpaired) electrons. The Bertz CT molecular complexity index is 1370. The Morgan fingerprint density at radius 3 is 2.45 bits per heavy atom. The Hall–Kier alpha value is -4.59. The van der Waals surface area contributed by atoms with Crippen LogP contribution < -0.4 is 9.47 Å². The number of carbonyl (C=O) groups is 2. The average Bonchev–Trinajstić information content (AvgIpc) is 3.58. The van der Waals surface area contributed by atoms with Crippen LogP contribution in [0.4, 0.5) is 4.79 Å². The lowest BCUT2D eigenvalue weighted by Crippen LogP contribution is -2.32. The van der Waals surface area contributed by atoms with Crippen LogP contribution >= 0.6 is 0 Å². The van der Waals surface area contributed by atoms with Gasteiger partial charge in [-0.25, -0.2) is 9.78 Å². The molecule has 8 nitrogen and oxygen atoms in total. The lowest BCUT2D eigenvalue weighted by atomic mass is 9.90. The van der Waals surface area contributed by atoms with Crippen molar-refractivity contribution in [3.05, 3.63) is 102 Å². The minimum Gasteiger partial charge on any atom is -0.493 e. The summed E-state index contributed by atoms with van der Waals surface area (Å²) in [5, 5.41) is 9.79. The quantitative estimate of drug-likeness (QED) is 0.323. The molecule has 0 spiro atoms. The fourth-order valence-corrected chi connectivity index (χ4v) is 4.63. The van der Waals surface area contributed by atoms with Crippen molar-refractivity contribution in [3.8, 4) is 23.0 Å². The molecule has 4 aromatic rings. The molecule has 1 saturated heterocycles. The van der Waals surface area contributed by atoms with Gasteiger partial charge in [0.2, 0.25) is 5.89 Å². The second-order valence-corrected chi connectivity index (χ2v) is 9.24. The molecule has 2 heterocycles. The van der Waals surface area contributed by atoms with E-state index >= 15 is 0 Å². The number of carboxylic acid groups (broad SMARTS) is 1. The zero-order valence-corrected chi connectivity index (χ0v) is 20.7. The number of para-hydroxylation sites is 1. The first-order valence-corrected chi connectivity index (χ1v) is 12.5. The van der Waals surface area contributed by atoms with Crippen LogP contribution in [-0.2, 0) is 17.6 Å². The van der Waals surface area contributed by atoms with Crippen LogP contribution in [0.5, 0.6) is 11.5 Å². The Morgan fingerprint density at radius 1 is 0.947 bits per heavy atom. The van der Waals surface area contributed by atoms with Crippen molar-refractivity contribution >= 4 is 12.1 Å². The standard InChI is InChI=1S/C30H28N2O6/c33-29(34)27-20-32(30(35)38-24-11-5-2-6-12-24)19-23(27)16-21-8-7-13-25(17-21)36-15-14-26-18-31-28(37-26)22-9-3-1-4-10-22/h1-13,17-18,23,27H,14-16,19-20H2,(H,33,34)/t23-,27+/m1/s1. The van der Waals surface area contributed by atoms with Gasteiger partial charge in [0.05, 0.1) is 18.7 Å². The number of oxazole rings is 1. The maximum atomic E-state index is 12.6. The zero-order valence-electron chi connectivity index (χ0n) is 20.7. The van der Waals surface area contributed by atoms with Gasteiger partial charge in [-0.1, -0.05) is 48.5 Å². The largest absolute Gasteiger partial charge is 0.493 e. The van der Waals surface area contributed by atoms with Crippen molar-refractivity contribution < 1.29 is 28.6 Å². The molecular formula is C30H28N2O6. The van der Waals surface area contributed by atoms with Gasteiger partial charge in [0.25, 0.3) is 0 Å². The van der Waals surface area contributed by atoms with Crippen molar-refractivity contribution in [2.75, 3.05) is 19.7 Å². The molecule has 1 aliphatic heterocycles. The van der Waals surface area contributed by atoms with Crippen LogP contribution in [0, 0.1) is 11.8 Å². The first-order chi connectivity index (χ1) is 18.5. The smallest absolute Gasteiger partial charge is 0.415 e. The van der Waals surface area contributed by atoms with E-state index in [-0.39, 0.29) is 12.5 Å². The minimum absolute atomic E-state index is 0.115. The van der Waals surface area contributed by atoms with Crippen LogP contribution in [0.3, 0.4) is 0 Å². The first kappa shape index (κ1) is 25.1. The third kappa shape index (κ3) is 6.21. The van der Waals surface area contributed by atoms with E-state index in [2.05, 4.69) is 4.98 Å². The van der Waals surface area contributed by atoms with Gasteiger partial charge in [-0.05, 0) is 54.3 Å². The highest BCUT2D eigenvalue weighted by Gasteiger charge is 2.40. The fourth-order valence-electron chi connectivity index (χ4n) is 4.63. The fraction of sp³-hybridized carbons (Fsp3) is 0.233. The van der Waals surface area contributed by atoms with Gasteiger partial charge in [0, 0.05) is 25.1 Å². The van der Waals surface area contributed by atoms with Gasteiger partial charge in [-0.15, -0.1) is 0 Å². The van der Waals surface area contributed by atoms with E-state index in [9.17, 15) is 14.7 Å². The number of aromatic nitrogens is 1. The molecule has 0 aliphatic carbocycles. The number of aliphatic carboxylic acids is 1. The van der Waals surface area contributed by atoms with Crippen molar-refractivity contribution in [1.29, 1.82) is 0 Å². The van der Waals surface area contributed by atoms with Crippen LogP contribution in [0.15, 0.2) is 95.5 Å². The molecule has 5 rings (SSSR count). The van der Waals surface area contributed by atoms with E-state index in [1.54, 1.807) is 30.5 Å². The molecule has 2 atom stereocenters. The van der Waals surface area contributed by atoms with E-state index in [1.165, 1.54) is 4.90 Å². The molecule has 38 heavy (non-hydrogen) atoms. The summed E-state index contributed by atoms with van der Waals surface area (Å²) in [6.45, 7) is 0.833. The summed E-state index contributed by atoms with van der Waals surface area (Å²) in [6.07, 6.45) is 2.24. The van der Waals surface area contributed by atoms with Gasteiger partial charge in [0.1, 0.15) is 17.3 Å². The summed E-state index contributed by atoms with van der Waals surface area (Å²) in [5.41, 5.74) is 1.87. The second-order valence-electron chi connectivity index (χ2n) is 9.24. The Morgan fingerprint density at radius 2 is 1.68 bits per heavy atom. The normalized spacial score (nSPS) is 16.8.